The minimum Gasteiger partial charge on any atom is -0.503 e. The Morgan fingerprint density at radius 1 is 1.27 bits per heavy atom. The van der Waals surface area contributed by atoms with E-state index in [2.05, 4.69) is 20.9 Å². The van der Waals surface area contributed by atoms with E-state index < -0.39 is 10.0 Å². The molecule has 0 saturated carbocycles. The van der Waals surface area contributed by atoms with Crippen molar-refractivity contribution in [2.24, 2.45) is 10.1 Å². The quantitative estimate of drug-likeness (QED) is 0.790. The standard InChI is InChI=1S/C14H13BrN2O4S/c1-21-13-7-9(6-12(15)14(13)18)8-17-10-2-4-11(5-3-10)22(16,19)20/h2-8,18H,1H3,(H2,16,19,20). The molecular weight excluding hydrogens is 372 g/mol. The Labute approximate surface area is 136 Å². The number of primary sulfonamides is 1. The highest BCUT2D eigenvalue weighted by molar-refractivity contribution is 9.10. The summed E-state index contributed by atoms with van der Waals surface area (Å²) >= 11 is 3.22. The van der Waals surface area contributed by atoms with Gasteiger partial charge in [-0.25, -0.2) is 13.6 Å². The van der Waals surface area contributed by atoms with Gasteiger partial charge >= 0.3 is 0 Å². The third-order valence-corrected chi connectivity index (χ3v) is 4.33. The SMILES string of the molecule is COc1cc(C=Nc2ccc(S(N)(=O)=O)cc2)cc(Br)c1O. The monoisotopic (exact) mass is 384 g/mol. The first-order valence-electron chi connectivity index (χ1n) is 6.04. The van der Waals surface area contributed by atoms with E-state index in [-0.39, 0.29) is 10.6 Å². The van der Waals surface area contributed by atoms with E-state index in [1.165, 1.54) is 19.2 Å². The molecule has 0 spiro atoms. The van der Waals surface area contributed by atoms with Crippen LogP contribution in [0.15, 0.2) is 50.8 Å². The number of benzene rings is 2. The first kappa shape index (κ1) is 16.5. The fourth-order valence-corrected chi connectivity index (χ4v) is 2.67. The number of rotatable bonds is 4. The van der Waals surface area contributed by atoms with E-state index in [4.69, 9.17) is 9.88 Å². The third kappa shape index (κ3) is 3.85. The summed E-state index contributed by atoms with van der Waals surface area (Å²) in [5.41, 5.74) is 1.27. The Balaban J connectivity index is 2.27. The molecule has 2 rings (SSSR count). The van der Waals surface area contributed by atoms with E-state index >= 15 is 0 Å². The number of sulfonamides is 1. The normalized spacial score (nSPS) is 11.8. The number of ether oxygens (including phenoxy) is 1. The molecule has 0 saturated heterocycles. The number of phenolic OH excluding ortho intramolecular Hbond substituents is 1. The minimum atomic E-state index is -3.71. The van der Waals surface area contributed by atoms with Crippen LogP contribution in [0.5, 0.6) is 11.5 Å². The van der Waals surface area contributed by atoms with Crippen LogP contribution in [0.4, 0.5) is 5.69 Å². The van der Waals surface area contributed by atoms with Crippen molar-refractivity contribution in [2.45, 2.75) is 4.90 Å². The molecule has 0 heterocycles. The first-order valence-corrected chi connectivity index (χ1v) is 8.38. The highest BCUT2D eigenvalue weighted by Gasteiger charge is 2.08. The lowest BCUT2D eigenvalue weighted by Crippen LogP contribution is -2.11. The van der Waals surface area contributed by atoms with Gasteiger partial charge in [-0.15, -0.1) is 0 Å². The maximum Gasteiger partial charge on any atom is 0.238 e. The molecule has 8 heteroatoms. The molecule has 0 atom stereocenters. The van der Waals surface area contributed by atoms with Crippen LogP contribution in [0, 0.1) is 0 Å². The number of nitrogens with zero attached hydrogens (tertiary/aromatic N) is 1. The van der Waals surface area contributed by atoms with Crippen LogP contribution in [0.3, 0.4) is 0 Å². The molecule has 0 aromatic heterocycles. The van der Waals surface area contributed by atoms with Crippen LogP contribution in [0.2, 0.25) is 0 Å². The van der Waals surface area contributed by atoms with Crippen molar-refractivity contribution < 1.29 is 18.3 Å². The summed E-state index contributed by atoms with van der Waals surface area (Å²) in [5, 5.41) is 14.8. The van der Waals surface area contributed by atoms with Gasteiger partial charge in [0.15, 0.2) is 11.5 Å². The van der Waals surface area contributed by atoms with Crippen LogP contribution in [-0.2, 0) is 10.0 Å². The zero-order chi connectivity index (χ0) is 16.3. The van der Waals surface area contributed by atoms with Crippen LogP contribution < -0.4 is 9.88 Å². The van der Waals surface area contributed by atoms with E-state index in [1.54, 1.807) is 30.5 Å². The van der Waals surface area contributed by atoms with Crippen molar-refractivity contribution in [3.8, 4) is 11.5 Å². The lowest BCUT2D eigenvalue weighted by Gasteiger charge is -2.06. The molecule has 0 bridgehead atoms. The van der Waals surface area contributed by atoms with Crippen LogP contribution >= 0.6 is 15.9 Å². The molecule has 6 nitrogen and oxygen atoms in total. The number of halogens is 1. The predicted molar refractivity (Wildman–Crippen MR) is 87.4 cm³/mol. The molecule has 0 fully saturated rings. The van der Waals surface area contributed by atoms with Crippen molar-refractivity contribution in [1.29, 1.82) is 0 Å². The summed E-state index contributed by atoms with van der Waals surface area (Å²) in [6.07, 6.45) is 1.57. The molecule has 2 aromatic carbocycles. The van der Waals surface area contributed by atoms with Crippen LogP contribution in [-0.4, -0.2) is 26.8 Å². The third-order valence-electron chi connectivity index (χ3n) is 2.80. The fraction of sp³-hybridized carbons (Fsp3) is 0.0714. The van der Waals surface area contributed by atoms with E-state index in [1.807, 2.05) is 0 Å². The fourth-order valence-electron chi connectivity index (χ4n) is 1.69. The first-order chi connectivity index (χ1) is 10.3. The van der Waals surface area contributed by atoms with Crippen LogP contribution in [0.1, 0.15) is 5.56 Å². The molecule has 0 aliphatic rings. The van der Waals surface area contributed by atoms with Crippen molar-refractivity contribution in [1.82, 2.24) is 0 Å². The summed E-state index contributed by atoms with van der Waals surface area (Å²) in [5.74, 6) is 0.331. The molecule has 0 aliphatic carbocycles. The molecule has 0 unspecified atom stereocenters. The molecule has 22 heavy (non-hydrogen) atoms. The highest BCUT2D eigenvalue weighted by atomic mass is 79.9. The Bertz CT molecular complexity index is 817. The van der Waals surface area contributed by atoms with Gasteiger partial charge in [0.2, 0.25) is 10.0 Å². The van der Waals surface area contributed by atoms with Gasteiger partial charge in [-0.3, -0.25) is 4.99 Å². The molecule has 116 valence electrons. The Kier molecular flexibility index (Phi) is 4.84. The minimum absolute atomic E-state index is 0.0113. The number of hydrogen-bond donors (Lipinski definition) is 2. The number of phenols is 1. The van der Waals surface area contributed by atoms with Gasteiger partial charge < -0.3 is 9.84 Å². The van der Waals surface area contributed by atoms with Gasteiger partial charge in [0.25, 0.3) is 0 Å². The van der Waals surface area contributed by atoms with E-state index in [9.17, 15) is 13.5 Å². The lowest BCUT2D eigenvalue weighted by atomic mass is 10.2. The zero-order valence-electron chi connectivity index (χ0n) is 11.5. The van der Waals surface area contributed by atoms with Gasteiger partial charge in [0, 0.05) is 6.21 Å². The molecular formula is C14H13BrN2O4S. The van der Waals surface area contributed by atoms with Crippen molar-refractivity contribution in [3.63, 3.8) is 0 Å². The second kappa shape index (κ2) is 6.47. The summed E-state index contributed by atoms with van der Waals surface area (Å²) in [6.45, 7) is 0. The zero-order valence-corrected chi connectivity index (χ0v) is 13.9. The molecule has 0 aliphatic heterocycles. The van der Waals surface area contributed by atoms with Crippen molar-refractivity contribution >= 4 is 37.9 Å². The average Bonchev–Trinajstić information content (AvgIpc) is 2.48. The Morgan fingerprint density at radius 2 is 1.91 bits per heavy atom. The van der Waals surface area contributed by atoms with Gasteiger partial charge in [-0.2, -0.15) is 0 Å². The summed E-state index contributed by atoms with van der Waals surface area (Å²) in [6, 6.07) is 9.17. The van der Waals surface area contributed by atoms with Gasteiger partial charge in [-0.05, 0) is 57.9 Å². The topological polar surface area (TPSA) is 102 Å². The summed E-state index contributed by atoms with van der Waals surface area (Å²) in [7, 11) is -2.26. The van der Waals surface area contributed by atoms with E-state index in [0.717, 1.165) is 0 Å². The largest absolute Gasteiger partial charge is 0.503 e. The number of methoxy groups -OCH3 is 1. The smallest absolute Gasteiger partial charge is 0.238 e. The average molecular weight is 385 g/mol. The lowest BCUT2D eigenvalue weighted by molar-refractivity contribution is 0.372. The van der Waals surface area contributed by atoms with Gasteiger partial charge in [0.05, 0.1) is 22.2 Å². The Morgan fingerprint density at radius 3 is 2.45 bits per heavy atom. The second-order valence-corrected chi connectivity index (χ2v) is 6.77. The molecule has 0 amide bonds. The number of aromatic hydroxyl groups is 1. The van der Waals surface area contributed by atoms with Crippen LogP contribution in [0.25, 0.3) is 0 Å². The summed E-state index contributed by atoms with van der Waals surface area (Å²) < 4.78 is 27.9. The predicted octanol–water partition coefficient (Wildman–Crippen LogP) is 2.56. The maximum absolute atomic E-state index is 11.2. The van der Waals surface area contributed by atoms with Crippen molar-refractivity contribution in [2.75, 3.05) is 7.11 Å². The number of nitrogens with two attached hydrogens (primary N) is 1. The molecule has 3 N–H and O–H groups in total. The number of aliphatic imine (C=N–C) groups is 1. The molecule has 0 radical (unpaired) electrons. The van der Waals surface area contributed by atoms with E-state index in [0.29, 0.717) is 21.5 Å². The number of hydrogen-bond acceptors (Lipinski definition) is 5. The second-order valence-electron chi connectivity index (χ2n) is 4.35. The molecule has 2 aromatic rings. The maximum atomic E-state index is 11.2. The highest BCUT2D eigenvalue weighted by Crippen LogP contribution is 2.34. The summed E-state index contributed by atoms with van der Waals surface area (Å²) in [4.78, 5) is 4.26. The van der Waals surface area contributed by atoms with Gasteiger partial charge in [-0.1, -0.05) is 0 Å². The van der Waals surface area contributed by atoms with Crippen molar-refractivity contribution in [3.05, 3.63) is 46.4 Å². The van der Waals surface area contributed by atoms with Gasteiger partial charge in [0.1, 0.15) is 0 Å². The Hall–Kier alpha value is -1.90.